The molecule has 1 heterocycles. The number of ether oxygens (including phenoxy) is 1. The molecule has 0 atom stereocenters. The maximum atomic E-state index is 12.0. The molecular weight excluding hydrogens is 328 g/mol. The van der Waals surface area contributed by atoms with Crippen molar-refractivity contribution in [2.75, 3.05) is 21.9 Å². The van der Waals surface area contributed by atoms with Crippen LogP contribution in [0, 0.1) is 6.92 Å². The van der Waals surface area contributed by atoms with Gasteiger partial charge in [0.1, 0.15) is 5.75 Å². The molecule has 1 aliphatic rings. The van der Waals surface area contributed by atoms with Crippen molar-refractivity contribution in [1.82, 2.24) is 0 Å². The summed E-state index contributed by atoms with van der Waals surface area (Å²) in [6.45, 7) is 2.30. The van der Waals surface area contributed by atoms with Crippen molar-refractivity contribution in [2.45, 2.75) is 13.3 Å². The fourth-order valence-electron chi connectivity index (χ4n) is 2.60. The van der Waals surface area contributed by atoms with Gasteiger partial charge in [-0.1, -0.05) is 18.2 Å². The van der Waals surface area contributed by atoms with Crippen LogP contribution in [0.25, 0.3) is 0 Å². The van der Waals surface area contributed by atoms with Crippen LogP contribution in [0.15, 0.2) is 48.5 Å². The summed E-state index contributed by atoms with van der Waals surface area (Å²) in [5.74, 6) is 0.627. The molecule has 24 heavy (non-hydrogen) atoms. The minimum absolute atomic E-state index is 0.176. The number of rotatable bonds is 3. The van der Waals surface area contributed by atoms with E-state index in [2.05, 4.69) is 5.32 Å². The van der Waals surface area contributed by atoms with Gasteiger partial charge in [-0.2, -0.15) is 0 Å². The van der Waals surface area contributed by atoms with E-state index in [4.69, 9.17) is 4.74 Å². The minimum atomic E-state index is -3.21. The highest BCUT2D eigenvalue weighted by Gasteiger charge is 2.28. The number of amides is 1. The highest BCUT2D eigenvalue weighted by Crippen LogP contribution is 2.28. The van der Waals surface area contributed by atoms with Crippen molar-refractivity contribution in [3.05, 3.63) is 54.1 Å². The van der Waals surface area contributed by atoms with Crippen LogP contribution < -0.4 is 14.4 Å². The molecule has 1 N–H and O–H groups in total. The summed E-state index contributed by atoms with van der Waals surface area (Å²) in [5, 5.41) is 2.67. The lowest BCUT2D eigenvalue weighted by Crippen LogP contribution is -2.25. The first-order valence-electron chi connectivity index (χ1n) is 7.61. The fourth-order valence-corrected chi connectivity index (χ4v) is 4.16. The zero-order valence-corrected chi connectivity index (χ0v) is 14.0. The SMILES string of the molecule is Cc1cc(N2CCCS2(=O)=O)ccc1NC(=O)Oc1ccccc1. The van der Waals surface area contributed by atoms with Gasteiger partial charge in [0.05, 0.1) is 11.4 Å². The molecular formula is C17H18N2O4S. The van der Waals surface area contributed by atoms with Crippen LogP contribution in [0.4, 0.5) is 16.2 Å². The van der Waals surface area contributed by atoms with Crippen LogP contribution in [0.1, 0.15) is 12.0 Å². The van der Waals surface area contributed by atoms with Gasteiger partial charge in [0.25, 0.3) is 0 Å². The molecule has 0 radical (unpaired) electrons. The largest absolute Gasteiger partial charge is 0.417 e. The Balaban J connectivity index is 1.72. The van der Waals surface area contributed by atoms with Crippen molar-refractivity contribution in [3.63, 3.8) is 0 Å². The third kappa shape index (κ3) is 3.51. The average molecular weight is 346 g/mol. The normalized spacial score (nSPS) is 16.0. The number of carbonyl (C=O) groups excluding carboxylic acids is 1. The van der Waals surface area contributed by atoms with Crippen LogP contribution in [0.3, 0.4) is 0 Å². The van der Waals surface area contributed by atoms with E-state index in [1.807, 2.05) is 13.0 Å². The molecule has 0 aromatic heterocycles. The van der Waals surface area contributed by atoms with Crippen LogP contribution in [0.5, 0.6) is 5.75 Å². The van der Waals surface area contributed by atoms with Crippen LogP contribution in [-0.4, -0.2) is 26.8 Å². The third-order valence-electron chi connectivity index (χ3n) is 3.79. The first-order chi connectivity index (χ1) is 11.5. The van der Waals surface area contributed by atoms with E-state index >= 15 is 0 Å². The number of nitrogens with zero attached hydrogens (tertiary/aromatic N) is 1. The van der Waals surface area contributed by atoms with E-state index in [0.717, 1.165) is 5.56 Å². The van der Waals surface area contributed by atoms with E-state index in [1.165, 1.54) is 4.31 Å². The Morgan fingerprint density at radius 3 is 2.54 bits per heavy atom. The van der Waals surface area contributed by atoms with Gasteiger partial charge in [0, 0.05) is 12.2 Å². The number of anilines is 2. The summed E-state index contributed by atoms with van der Waals surface area (Å²) in [6.07, 6.45) is 0.0379. The van der Waals surface area contributed by atoms with E-state index < -0.39 is 16.1 Å². The van der Waals surface area contributed by atoms with Gasteiger partial charge < -0.3 is 4.74 Å². The molecule has 1 aliphatic heterocycles. The molecule has 2 aromatic carbocycles. The zero-order valence-electron chi connectivity index (χ0n) is 13.2. The molecule has 0 aliphatic carbocycles. The number of sulfonamides is 1. The number of carbonyl (C=O) groups is 1. The second-order valence-electron chi connectivity index (χ2n) is 5.57. The summed E-state index contributed by atoms with van der Waals surface area (Å²) in [5.41, 5.74) is 1.96. The topological polar surface area (TPSA) is 75.7 Å². The second-order valence-corrected chi connectivity index (χ2v) is 7.58. The van der Waals surface area contributed by atoms with Crippen LogP contribution in [0.2, 0.25) is 0 Å². The Labute approximate surface area is 141 Å². The lowest BCUT2D eigenvalue weighted by Gasteiger charge is -2.18. The summed E-state index contributed by atoms with van der Waals surface area (Å²) in [7, 11) is -3.21. The lowest BCUT2D eigenvalue weighted by atomic mass is 10.1. The molecule has 1 amide bonds. The number of nitrogens with one attached hydrogen (secondary N) is 1. The molecule has 6 nitrogen and oxygen atoms in total. The first-order valence-corrected chi connectivity index (χ1v) is 9.21. The van der Waals surface area contributed by atoms with Crippen molar-refractivity contribution in [1.29, 1.82) is 0 Å². The van der Waals surface area contributed by atoms with Gasteiger partial charge in [0.15, 0.2) is 0 Å². The van der Waals surface area contributed by atoms with E-state index in [9.17, 15) is 13.2 Å². The Kier molecular flexibility index (Phi) is 4.44. The van der Waals surface area contributed by atoms with E-state index in [1.54, 1.807) is 42.5 Å². The third-order valence-corrected chi connectivity index (χ3v) is 5.66. The minimum Gasteiger partial charge on any atom is -0.410 e. The molecule has 1 saturated heterocycles. The molecule has 3 rings (SSSR count). The molecule has 2 aromatic rings. The Morgan fingerprint density at radius 1 is 1.17 bits per heavy atom. The molecule has 0 saturated carbocycles. The summed E-state index contributed by atoms with van der Waals surface area (Å²) in [4.78, 5) is 11.9. The first kappa shape index (κ1) is 16.3. The molecule has 126 valence electrons. The Bertz CT molecular complexity index is 850. The van der Waals surface area contributed by atoms with Crippen molar-refractivity contribution < 1.29 is 17.9 Å². The van der Waals surface area contributed by atoms with Crippen LogP contribution in [-0.2, 0) is 10.0 Å². The number of aryl methyl sites for hydroxylation is 1. The van der Waals surface area contributed by atoms with E-state index in [0.29, 0.717) is 30.1 Å². The molecule has 7 heteroatoms. The number of para-hydroxylation sites is 1. The predicted octanol–water partition coefficient (Wildman–Crippen LogP) is 3.15. The zero-order chi connectivity index (χ0) is 17.2. The van der Waals surface area contributed by atoms with Gasteiger partial charge in [-0.15, -0.1) is 0 Å². The second kappa shape index (κ2) is 6.52. The summed E-state index contributed by atoms with van der Waals surface area (Å²) < 4.78 is 30.5. The van der Waals surface area contributed by atoms with E-state index in [-0.39, 0.29) is 5.75 Å². The average Bonchev–Trinajstić information content (AvgIpc) is 2.89. The summed E-state index contributed by atoms with van der Waals surface area (Å²) in [6, 6.07) is 13.9. The smallest absolute Gasteiger partial charge is 0.410 e. The van der Waals surface area contributed by atoms with Crippen molar-refractivity contribution in [2.24, 2.45) is 0 Å². The fraction of sp³-hybridized carbons (Fsp3) is 0.235. The Hall–Kier alpha value is -2.54. The standard InChI is InChI=1S/C17H18N2O4S/c1-13-12-14(19-10-5-11-24(19,21)22)8-9-16(13)18-17(20)23-15-6-3-2-4-7-15/h2-4,6-9,12H,5,10-11H2,1H3,(H,18,20). The quantitative estimate of drug-likeness (QED) is 0.926. The molecule has 0 spiro atoms. The van der Waals surface area contributed by atoms with Crippen molar-refractivity contribution >= 4 is 27.5 Å². The predicted molar refractivity (Wildman–Crippen MR) is 93.0 cm³/mol. The maximum absolute atomic E-state index is 12.0. The van der Waals surface area contributed by atoms with Gasteiger partial charge in [0.2, 0.25) is 10.0 Å². The van der Waals surface area contributed by atoms with Gasteiger partial charge in [-0.3, -0.25) is 9.62 Å². The van der Waals surface area contributed by atoms with Crippen molar-refractivity contribution in [3.8, 4) is 5.75 Å². The van der Waals surface area contributed by atoms with Gasteiger partial charge in [-0.05, 0) is 49.2 Å². The molecule has 0 unspecified atom stereocenters. The summed E-state index contributed by atoms with van der Waals surface area (Å²) >= 11 is 0. The molecule has 0 bridgehead atoms. The number of hydrogen-bond donors (Lipinski definition) is 1. The highest BCUT2D eigenvalue weighted by molar-refractivity contribution is 7.93. The van der Waals surface area contributed by atoms with Gasteiger partial charge >= 0.3 is 6.09 Å². The number of hydrogen-bond acceptors (Lipinski definition) is 4. The number of benzene rings is 2. The van der Waals surface area contributed by atoms with Gasteiger partial charge in [-0.25, -0.2) is 13.2 Å². The Morgan fingerprint density at radius 2 is 1.92 bits per heavy atom. The monoisotopic (exact) mass is 346 g/mol. The lowest BCUT2D eigenvalue weighted by molar-refractivity contribution is 0.215. The van der Waals surface area contributed by atoms with Crippen LogP contribution >= 0.6 is 0 Å². The highest BCUT2D eigenvalue weighted by atomic mass is 32.2. The molecule has 1 fully saturated rings. The maximum Gasteiger partial charge on any atom is 0.417 e.